The molecule has 1 aromatic carbocycles. The van der Waals surface area contributed by atoms with Crippen molar-refractivity contribution in [1.29, 1.82) is 0 Å². The Bertz CT molecular complexity index is 934. The Labute approximate surface area is 194 Å². The molecule has 0 unspecified atom stereocenters. The molecule has 1 heterocycles. The SMILES string of the molecule is COCCNC(=O)[C@@H](C)[C@H]1CC[C@]2(C)Cc3sc(Nc4ccccc4)nc3[C@H](C)[C@@H]2[C@H]1O. The fourth-order valence-corrected chi connectivity index (χ4v) is 7.16. The number of nitrogens with zero attached hydrogens (tertiary/aromatic N) is 1. The molecule has 7 heteroatoms. The van der Waals surface area contributed by atoms with Crippen LogP contribution in [0.15, 0.2) is 30.3 Å². The van der Waals surface area contributed by atoms with Gasteiger partial charge in [0.15, 0.2) is 5.13 Å². The zero-order valence-electron chi connectivity index (χ0n) is 19.4. The summed E-state index contributed by atoms with van der Waals surface area (Å²) in [4.78, 5) is 18.9. The molecule has 32 heavy (non-hydrogen) atoms. The molecule has 3 N–H and O–H groups in total. The number of aliphatic hydroxyl groups excluding tert-OH is 1. The molecule has 6 atom stereocenters. The van der Waals surface area contributed by atoms with Crippen LogP contribution in [0.3, 0.4) is 0 Å². The normalized spacial score (nSPS) is 30.2. The van der Waals surface area contributed by atoms with Gasteiger partial charge in [-0.25, -0.2) is 4.98 Å². The lowest BCUT2D eigenvalue weighted by atomic mass is 9.53. The molecule has 2 aliphatic rings. The van der Waals surface area contributed by atoms with Crippen LogP contribution in [0, 0.1) is 23.2 Å². The standard InChI is InChI=1S/C25H35N3O3S/c1-15(23(30)26-12-13-31-4)18-10-11-25(3)14-19-21(16(2)20(25)22(18)29)28-24(32-19)27-17-8-6-5-7-9-17/h5-9,15-16,18,20,22,29H,10-14H2,1-4H3,(H,26,30)(H,27,28)/t15-,16+,18+,20+,22-,25+/m0/s1. The van der Waals surface area contributed by atoms with E-state index in [0.717, 1.165) is 35.8 Å². The van der Waals surface area contributed by atoms with E-state index in [1.54, 1.807) is 18.4 Å². The molecule has 1 amide bonds. The van der Waals surface area contributed by atoms with Crippen LogP contribution in [0.1, 0.15) is 50.1 Å². The van der Waals surface area contributed by atoms with Gasteiger partial charge >= 0.3 is 0 Å². The number of carbonyl (C=O) groups excluding carboxylic acids is 1. The van der Waals surface area contributed by atoms with Crippen molar-refractivity contribution in [2.75, 3.05) is 25.6 Å². The van der Waals surface area contributed by atoms with Gasteiger partial charge in [-0.3, -0.25) is 4.79 Å². The number of rotatable bonds is 7. The van der Waals surface area contributed by atoms with E-state index in [1.165, 1.54) is 4.88 Å². The summed E-state index contributed by atoms with van der Waals surface area (Å²) in [6.45, 7) is 7.45. The molecule has 174 valence electrons. The van der Waals surface area contributed by atoms with Crippen molar-refractivity contribution in [3.63, 3.8) is 0 Å². The zero-order chi connectivity index (χ0) is 22.9. The first-order valence-corrected chi connectivity index (χ1v) is 12.4. The van der Waals surface area contributed by atoms with E-state index in [-0.39, 0.29) is 35.0 Å². The molecule has 1 fully saturated rings. The highest BCUT2D eigenvalue weighted by Crippen LogP contribution is 2.57. The minimum atomic E-state index is -0.521. The molecule has 0 radical (unpaired) electrons. The number of nitrogens with one attached hydrogen (secondary N) is 2. The quantitative estimate of drug-likeness (QED) is 0.539. The fraction of sp³-hybridized carbons (Fsp3) is 0.600. The number of anilines is 2. The number of methoxy groups -OCH3 is 1. The summed E-state index contributed by atoms with van der Waals surface area (Å²) < 4.78 is 5.03. The lowest BCUT2D eigenvalue weighted by molar-refractivity contribution is -0.135. The maximum Gasteiger partial charge on any atom is 0.223 e. The molecular weight excluding hydrogens is 422 g/mol. The van der Waals surface area contributed by atoms with Gasteiger partial charge in [0.05, 0.1) is 18.4 Å². The number of fused-ring (bicyclic) bond motifs is 2. The lowest BCUT2D eigenvalue weighted by Gasteiger charge is -2.53. The number of ether oxygens (including phenoxy) is 1. The van der Waals surface area contributed by atoms with Crippen molar-refractivity contribution < 1.29 is 14.6 Å². The predicted molar refractivity (Wildman–Crippen MR) is 128 cm³/mol. The van der Waals surface area contributed by atoms with Crippen molar-refractivity contribution in [1.82, 2.24) is 10.3 Å². The molecule has 0 bridgehead atoms. The summed E-state index contributed by atoms with van der Waals surface area (Å²) in [5.74, 6) is -0.0321. The summed E-state index contributed by atoms with van der Waals surface area (Å²) in [5.41, 5.74) is 2.15. The highest BCUT2D eigenvalue weighted by Gasteiger charge is 2.53. The van der Waals surface area contributed by atoms with Crippen LogP contribution >= 0.6 is 11.3 Å². The Kier molecular flexibility index (Phi) is 6.89. The van der Waals surface area contributed by atoms with Gasteiger partial charge in [0.2, 0.25) is 5.91 Å². The van der Waals surface area contributed by atoms with Crippen molar-refractivity contribution >= 4 is 28.1 Å². The van der Waals surface area contributed by atoms with E-state index in [0.29, 0.717) is 13.2 Å². The summed E-state index contributed by atoms with van der Waals surface area (Å²) in [7, 11) is 1.62. The summed E-state index contributed by atoms with van der Waals surface area (Å²) >= 11 is 1.73. The summed E-state index contributed by atoms with van der Waals surface area (Å²) in [5, 5.41) is 18.8. The van der Waals surface area contributed by atoms with Gasteiger partial charge in [0.1, 0.15) is 0 Å². The third-order valence-corrected chi connectivity index (χ3v) is 8.59. The molecule has 6 nitrogen and oxygen atoms in total. The minimum Gasteiger partial charge on any atom is -0.392 e. The van der Waals surface area contributed by atoms with E-state index < -0.39 is 6.10 Å². The number of hydrogen-bond acceptors (Lipinski definition) is 6. The van der Waals surface area contributed by atoms with Crippen LogP contribution < -0.4 is 10.6 Å². The highest BCUT2D eigenvalue weighted by molar-refractivity contribution is 7.15. The van der Waals surface area contributed by atoms with Crippen LogP contribution in [0.5, 0.6) is 0 Å². The number of aliphatic hydroxyl groups is 1. The van der Waals surface area contributed by atoms with Gasteiger partial charge in [0, 0.05) is 36.1 Å². The molecule has 0 spiro atoms. The first kappa shape index (κ1) is 23.2. The number of carbonyl (C=O) groups is 1. The van der Waals surface area contributed by atoms with Gasteiger partial charge in [-0.05, 0) is 48.6 Å². The van der Waals surface area contributed by atoms with Crippen LogP contribution in [0.25, 0.3) is 0 Å². The van der Waals surface area contributed by atoms with Crippen molar-refractivity contribution in [3.8, 4) is 0 Å². The Morgan fingerprint density at radius 1 is 1.38 bits per heavy atom. The highest BCUT2D eigenvalue weighted by atomic mass is 32.1. The maximum atomic E-state index is 12.7. The van der Waals surface area contributed by atoms with Crippen LogP contribution in [0.2, 0.25) is 0 Å². The van der Waals surface area contributed by atoms with Crippen molar-refractivity contribution in [3.05, 3.63) is 40.9 Å². The van der Waals surface area contributed by atoms with Gasteiger partial charge in [-0.15, -0.1) is 11.3 Å². The second kappa shape index (κ2) is 9.49. The average molecular weight is 458 g/mol. The topological polar surface area (TPSA) is 83.5 Å². The average Bonchev–Trinajstić information content (AvgIpc) is 3.16. The van der Waals surface area contributed by atoms with E-state index in [2.05, 4.69) is 24.5 Å². The Morgan fingerprint density at radius 2 is 2.12 bits per heavy atom. The van der Waals surface area contributed by atoms with E-state index >= 15 is 0 Å². The van der Waals surface area contributed by atoms with E-state index in [9.17, 15) is 9.90 Å². The Balaban J connectivity index is 1.52. The third-order valence-electron chi connectivity index (χ3n) is 7.61. The number of amides is 1. The molecule has 2 aromatic rings. The van der Waals surface area contributed by atoms with Gasteiger partial charge < -0.3 is 20.5 Å². The number of thiazole rings is 1. The van der Waals surface area contributed by atoms with Crippen LogP contribution in [0.4, 0.5) is 10.8 Å². The lowest BCUT2D eigenvalue weighted by Crippen LogP contribution is -2.53. The molecular formula is C25H35N3O3S. The smallest absolute Gasteiger partial charge is 0.223 e. The van der Waals surface area contributed by atoms with Gasteiger partial charge in [-0.1, -0.05) is 39.0 Å². The molecule has 1 saturated carbocycles. The second-order valence-corrected chi connectivity index (χ2v) is 10.8. The molecule has 2 aliphatic carbocycles. The Morgan fingerprint density at radius 3 is 2.84 bits per heavy atom. The van der Waals surface area contributed by atoms with Crippen LogP contribution in [-0.4, -0.2) is 42.4 Å². The first-order valence-electron chi connectivity index (χ1n) is 11.6. The monoisotopic (exact) mass is 457 g/mol. The first-order chi connectivity index (χ1) is 15.3. The zero-order valence-corrected chi connectivity index (χ0v) is 20.2. The van der Waals surface area contributed by atoms with E-state index in [1.807, 2.05) is 37.3 Å². The Hall–Kier alpha value is -1.96. The van der Waals surface area contributed by atoms with Gasteiger partial charge in [0.25, 0.3) is 0 Å². The molecule has 4 rings (SSSR count). The van der Waals surface area contributed by atoms with Crippen molar-refractivity contribution in [2.45, 2.75) is 52.1 Å². The summed E-state index contributed by atoms with van der Waals surface area (Å²) in [6, 6.07) is 10.1. The minimum absolute atomic E-state index is 0.00172. The number of aromatic nitrogens is 1. The van der Waals surface area contributed by atoms with E-state index in [4.69, 9.17) is 9.72 Å². The summed E-state index contributed by atoms with van der Waals surface area (Å²) in [6.07, 6.45) is 2.29. The van der Waals surface area contributed by atoms with Crippen LogP contribution in [-0.2, 0) is 16.0 Å². The molecule has 1 aromatic heterocycles. The predicted octanol–water partition coefficient (Wildman–Crippen LogP) is 4.34. The third kappa shape index (κ3) is 4.43. The second-order valence-electron chi connectivity index (χ2n) is 9.73. The van der Waals surface area contributed by atoms with Crippen molar-refractivity contribution in [2.24, 2.45) is 23.2 Å². The fourth-order valence-electron chi connectivity index (χ4n) is 5.88. The number of hydrogen-bond donors (Lipinski definition) is 3. The maximum absolute atomic E-state index is 12.7. The number of benzene rings is 1. The molecule has 0 aliphatic heterocycles. The molecule has 0 saturated heterocycles. The number of para-hydroxylation sites is 1. The van der Waals surface area contributed by atoms with Gasteiger partial charge in [-0.2, -0.15) is 0 Å². The largest absolute Gasteiger partial charge is 0.392 e.